The highest BCUT2D eigenvalue weighted by molar-refractivity contribution is 7.99. The summed E-state index contributed by atoms with van der Waals surface area (Å²) >= 11 is 1.53. The summed E-state index contributed by atoms with van der Waals surface area (Å²) in [7, 11) is 1.73. The van der Waals surface area contributed by atoms with E-state index in [1.54, 1.807) is 7.05 Å². The lowest BCUT2D eigenvalue weighted by Gasteiger charge is -2.12. The van der Waals surface area contributed by atoms with Crippen LogP contribution in [0.2, 0.25) is 0 Å². The fraction of sp³-hybridized carbons (Fsp3) is 0.778. The van der Waals surface area contributed by atoms with E-state index in [1.165, 1.54) is 18.7 Å². The van der Waals surface area contributed by atoms with Crippen LogP contribution in [-0.2, 0) is 9.59 Å². The number of carboxylic acid groups (broad SMARTS) is 1. The Hall–Kier alpha value is -0.590. The fourth-order valence-corrected chi connectivity index (χ4v) is 2.16. The Bertz CT molecular complexity index is 223. The van der Waals surface area contributed by atoms with Crippen LogP contribution in [0, 0.1) is 0 Å². The van der Waals surface area contributed by atoms with E-state index in [0.717, 1.165) is 0 Å². The van der Waals surface area contributed by atoms with Crippen LogP contribution in [0.4, 0.5) is 0 Å². The molecule has 15 heavy (non-hydrogen) atoms. The quantitative estimate of drug-likeness (QED) is 0.499. The molecule has 0 radical (unpaired) electrons. The maximum atomic E-state index is 11.0. The number of Topliss-reactive ketones (excluding diaryl/α,β-unsaturated/α-hetero) is 1. The smallest absolute Gasteiger partial charge is 0.320 e. The molecule has 88 valence electrons. The molecule has 0 aromatic heterocycles. The molecular formula is C9H18N2O3S. The number of carbonyl (C=O) groups is 2. The van der Waals surface area contributed by atoms with Crippen molar-refractivity contribution in [2.24, 2.45) is 5.73 Å². The largest absolute Gasteiger partial charge is 0.480 e. The Morgan fingerprint density at radius 1 is 1.53 bits per heavy atom. The van der Waals surface area contributed by atoms with Crippen molar-refractivity contribution in [2.45, 2.75) is 25.4 Å². The summed E-state index contributed by atoms with van der Waals surface area (Å²) in [5, 5.41) is 11.4. The fourth-order valence-electron chi connectivity index (χ4n) is 0.939. The number of hydrogen-bond donors (Lipinski definition) is 3. The number of likely N-dealkylation sites (N-methyl/N-ethyl adjacent to an activating group) is 1. The normalized spacial score (nSPS) is 14.6. The average Bonchev–Trinajstić information content (AvgIpc) is 2.16. The summed E-state index contributed by atoms with van der Waals surface area (Å²) in [4.78, 5) is 21.4. The van der Waals surface area contributed by atoms with E-state index < -0.39 is 12.0 Å². The number of aliphatic carboxylic acids is 1. The van der Waals surface area contributed by atoms with Crippen molar-refractivity contribution in [1.82, 2.24) is 5.32 Å². The van der Waals surface area contributed by atoms with Crippen LogP contribution in [0.5, 0.6) is 0 Å². The highest BCUT2D eigenvalue weighted by atomic mass is 32.2. The maximum Gasteiger partial charge on any atom is 0.320 e. The zero-order valence-electron chi connectivity index (χ0n) is 9.03. The van der Waals surface area contributed by atoms with Crippen LogP contribution in [-0.4, -0.2) is 47.5 Å². The molecule has 0 aromatic carbocycles. The Balaban J connectivity index is 3.61. The molecule has 4 N–H and O–H groups in total. The van der Waals surface area contributed by atoms with Gasteiger partial charge in [0.15, 0.2) is 0 Å². The Kier molecular flexibility index (Phi) is 7.37. The number of nitrogens with two attached hydrogens (primary N) is 1. The molecule has 0 bridgehead atoms. The number of carbonyl (C=O) groups excluding carboxylic acids is 1. The van der Waals surface area contributed by atoms with Crippen molar-refractivity contribution in [2.75, 3.05) is 18.6 Å². The highest BCUT2D eigenvalue weighted by Crippen LogP contribution is 2.07. The summed E-state index contributed by atoms with van der Waals surface area (Å²) in [5.41, 5.74) is 5.33. The van der Waals surface area contributed by atoms with Crippen LogP contribution >= 0.6 is 11.8 Å². The average molecular weight is 234 g/mol. The first-order valence-electron chi connectivity index (χ1n) is 4.73. The predicted octanol–water partition coefficient (Wildman–Crippen LogP) is -0.301. The molecule has 0 aliphatic carbocycles. The third kappa shape index (κ3) is 6.48. The van der Waals surface area contributed by atoms with Gasteiger partial charge in [0.2, 0.25) is 0 Å². The van der Waals surface area contributed by atoms with E-state index >= 15 is 0 Å². The number of carboxylic acids is 1. The van der Waals surface area contributed by atoms with Gasteiger partial charge in [-0.25, -0.2) is 0 Å². The summed E-state index contributed by atoms with van der Waals surface area (Å²) < 4.78 is 0. The number of ketones is 1. The molecule has 0 amide bonds. The van der Waals surface area contributed by atoms with Crippen LogP contribution in [0.15, 0.2) is 0 Å². The first-order chi connectivity index (χ1) is 6.99. The van der Waals surface area contributed by atoms with Crippen LogP contribution < -0.4 is 11.1 Å². The predicted molar refractivity (Wildman–Crippen MR) is 61.1 cm³/mol. The van der Waals surface area contributed by atoms with Crippen molar-refractivity contribution in [3.05, 3.63) is 0 Å². The molecule has 0 aromatic rings. The molecule has 0 aliphatic rings. The molecule has 0 fully saturated rings. The second kappa shape index (κ2) is 7.67. The zero-order valence-corrected chi connectivity index (χ0v) is 9.84. The summed E-state index contributed by atoms with van der Waals surface area (Å²) in [6.07, 6.45) is 0.425. The van der Waals surface area contributed by atoms with Gasteiger partial charge >= 0.3 is 5.97 Å². The SMILES string of the molecule is CN[C@@H](CSCC[C@H](N)C(=O)O)C(C)=O. The summed E-state index contributed by atoms with van der Waals surface area (Å²) in [6, 6.07) is -0.959. The van der Waals surface area contributed by atoms with Gasteiger partial charge in [-0.2, -0.15) is 11.8 Å². The lowest BCUT2D eigenvalue weighted by Crippen LogP contribution is -2.35. The second-order valence-corrected chi connectivity index (χ2v) is 4.41. The maximum absolute atomic E-state index is 11.0. The lowest BCUT2D eigenvalue weighted by molar-refractivity contribution is -0.138. The van der Waals surface area contributed by atoms with Gasteiger partial charge in [0.25, 0.3) is 0 Å². The molecule has 5 nitrogen and oxygen atoms in total. The molecule has 0 unspecified atom stereocenters. The third-order valence-corrected chi connectivity index (χ3v) is 3.11. The zero-order chi connectivity index (χ0) is 11.8. The number of nitrogens with one attached hydrogen (secondary N) is 1. The Labute approximate surface area is 93.8 Å². The first kappa shape index (κ1) is 14.4. The molecule has 0 aliphatic heterocycles. The van der Waals surface area contributed by atoms with Gasteiger partial charge in [-0.15, -0.1) is 0 Å². The van der Waals surface area contributed by atoms with E-state index in [1.807, 2.05) is 0 Å². The van der Waals surface area contributed by atoms with Gasteiger partial charge in [-0.3, -0.25) is 9.59 Å². The minimum Gasteiger partial charge on any atom is -0.480 e. The van der Waals surface area contributed by atoms with Crippen molar-refractivity contribution >= 4 is 23.5 Å². The molecule has 0 spiro atoms. The van der Waals surface area contributed by atoms with Gasteiger partial charge < -0.3 is 16.2 Å². The van der Waals surface area contributed by atoms with Crippen molar-refractivity contribution < 1.29 is 14.7 Å². The van der Waals surface area contributed by atoms with Gasteiger partial charge in [-0.1, -0.05) is 0 Å². The van der Waals surface area contributed by atoms with Crippen molar-refractivity contribution in [3.8, 4) is 0 Å². The van der Waals surface area contributed by atoms with E-state index in [0.29, 0.717) is 17.9 Å². The van der Waals surface area contributed by atoms with E-state index in [2.05, 4.69) is 5.32 Å². The lowest BCUT2D eigenvalue weighted by atomic mass is 10.2. The minimum atomic E-state index is -0.979. The van der Waals surface area contributed by atoms with Gasteiger partial charge in [0.05, 0.1) is 6.04 Å². The first-order valence-corrected chi connectivity index (χ1v) is 5.88. The molecule has 0 saturated carbocycles. The van der Waals surface area contributed by atoms with Crippen LogP contribution in [0.25, 0.3) is 0 Å². The highest BCUT2D eigenvalue weighted by Gasteiger charge is 2.13. The molecule has 6 heteroatoms. The minimum absolute atomic E-state index is 0.0903. The van der Waals surface area contributed by atoms with E-state index in [-0.39, 0.29) is 11.8 Å². The van der Waals surface area contributed by atoms with Crippen LogP contribution in [0.3, 0.4) is 0 Å². The Morgan fingerprint density at radius 3 is 2.53 bits per heavy atom. The second-order valence-electron chi connectivity index (χ2n) is 3.26. The molecular weight excluding hydrogens is 216 g/mol. The number of hydrogen-bond acceptors (Lipinski definition) is 5. The molecule has 0 rings (SSSR count). The number of rotatable bonds is 8. The summed E-state index contributed by atoms with van der Waals surface area (Å²) in [6.45, 7) is 1.53. The van der Waals surface area contributed by atoms with Gasteiger partial charge in [0, 0.05) is 5.75 Å². The van der Waals surface area contributed by atoms with Gasteiger partial charge in [0.1, 0.15) is 11.8 Å². The standard InChI is InChI=1S/C9H18N2O3S/c1-6(12)8(11-2)5-15-4-3-7(10)9(13)14/h7-8,11H,3-5,10H2,1-2H3,(H,13,14)/t7-,8-/m0/s1. The number of thioether (sulfide) groups is 1. The topological polar surface area (TPSA) is 92.4 Å². The van der Waals surface area contributed by atoms with E-state index in [9.17, 15) is 9.59 Å². The monoisotopic (exact) mass is 234 g/mol. The molecule has 0 saturated heterocycles. The third-order valence-electron chi connectivity index (χ3n) is 2.01. The van der Waals surface area contributed by atoms with Crippen molar-refractivity contribution in [3.63, 3.8) is 0 Å². The molecule has 2 atom stereocenters. The van der Waals surface area contributed by atoms with Crippen LogP contribution in [0.1, 0.15) is 13.3 Å². The molecule has 0 heterocycles. The Morgan fingerprint density at radius 2 is 2.13 bits per heavy atom. The van der Waals surface area contributed by atoms with Crippen molar-refractivity contribution in [1.29, 1.82) is 0 Å². The summed E-state index contributed by atoms with van der Waals surface area (Å²) in [5.74, 6) is 0.414. The van der Waals surface area contributed by atoms with Gasteiger partial charge in [-0.05, 0) is 26.1 Å². The van der Waals surface area contributed by atoms with E-state index in [4.69, 9.17) is 10.8 Å².